The van der Waals surface area contributed by atoms with Crippen molar-refractivity contribution in [1.82, 2.24) is 10.2 Å². The van der Waals surface area contributed by atoms with Gasteiger partial charge in [0.2, 0.25) is 0 Å². The second-order valence-corrected chi connectivity index (χ2v) is 6.32. The fourth-order valence-corrected chi connectivity index (χ4v) is 4.15. The van der Waals surface area contributed by atoms with Gasteiger partial charge >= 0.3 is 0 Å². The van der Waals surface area contributed by atoms with E-state index in [0.717, 1.165) is 12.0 Å². The van der Waals surface area contributed by atoms with Gasteiger partial charge < -0.3 is 5.32 Å². The van der Waals surface area contributed by atoms with Crippen LogP contribution in [0.5, 0.6) is 0 Å². The van der Waals surface area contributed by atoms with E-state index in [1.54, 1.807) is 0 Å². The molecule has 2 saturated heterocycles. The molecule has 0 spiro atoms. The summed E-state index contributed by atoms with van der Waals surface area (Å²) in [5.41, 5.74) is 0. The van der Waals surface area contributed by atoms with Crippen molar-refractivity contribution >= 4 is 11.8 Å². The summed E-state index contributed by atoms with van der Waals surface area (Å²) in [5, 5.41) is 3.54. The van der Waals surface area contributed by atoms with Crippen molar-refractivity contribution in [3.05, 3.63) is 0 Å². The van der Waals surface area contributed by atoms with E-state index < -0.39 is 0 Å². The number of nitrogens with zero attached hydrogens (tertiary/aromatic N) is 1. The van der Waals surface area contributed by atoms with Gasteiger partial charge in [-0.1, -0.05) is 6.92 Å². The van der Waals surface area contributed by atoms with Crippen molar-refractivity contribution in [2.75, 3.05) is 37.7 Å². The molecule has 2 rings (SSSR count). The van der Waals surface area contributed by atoms with E-state index in [4.69, 9.17) is 0 Å². The Morgan fingerprint density at radius 3 is 2.88 bits per heavy atom. The Kier molecular flexibility index (Phi) is 5.46. The summed E-state index contributed by atoms with van der Waals surface area (Å²) in [6.07, 6.45) is 5.67. The largest absolute Gasteiger partial charge is 0.316 e. The summed E-state index contributed by atoms with van der Waals surface area (Å²) in [6.45, 7) is 7.38. The smallest absolute Gasteiger partial charge is 0.0186 e. The maximum absolute atomic E-state index is 3.54. The topological polar surface area (TPSA) is 15.3 Å². The van der Waals surface area contributed by atoms with Crippen molar-refractivity contribution in [2.24, 2.45) is 5.92 Å². The third kappa shape index (κ3) is 3.64. The molecule has 0 radical (unpaired) electrons. The molecule has 2 nitrogen and oxygen atoms in total. The highest BCUT2D eigenvalue weighted by atomic mass is 32.2. The molecule has 16 heavy (non-hydrogen) atoms. The summed E-state index contributed by atoms with van der Waals surface area (Å²) in [7, 11) is 0. The zero-order valence-electron chi connectivity index (χ0n) is 10.6. The Hall–Kier alpha value is 0.270. The predicted octanol–water partition coefficient (Wildman–Crippen LogP) is 2.20. The van der Waals surface area contributed by atoms with E-state index >= 15 is 0 Å². The van der Waals surface area contributed by atoms with Gasteiger partial charge in [0.25, 0.3) is 0 Å². The first-order valence-corrected chi connectivity index (χ1v) is 8.08. The molecule has 3 heteroatoms. The summed E-state index contributed by atoms with van der Waals surface area (Å²) in [5.74, 6) is 3.66. The highest BCUT2D eigenvalue weighted by Crippen LogP contribution is 2.23. The minimum absolute atomic E-state index is 0.866. The summed E-state index contributed by atoms with van der Waals surface area (Å²) in [4.78, 5) is 2.74. The SMILES string of the molecule is CCN(CC1CCCNC1)C1CCCSC1. The Morgan fingerprint density at radius 2 is 2.25 bits per heavy atom. The second kappa shape index (κ2) is 6.87. The molecule has 2 aliphatic heterocycles. The lowest BCUT2D eigenvalue weighted by Gasteiger charge is -2.36. The molecule has 0 aromatic heterocycles. The first-order valence-electron chi connectivity index (χ1n) is 6.92. The molecule has 2 atom stereocenters. The summed E-state index contributed by atoms with van der Waals surface area (Å²) >= 11 is 2.15. The normalized spacial score (nSPS) is 31.9. The first-order chi connectivity index (χ1) is 7.90. The van der Waals surface area contributed by atoms with Crippen LogP contribution in [0.25, 0.3) is 0 Å². The van der Waals surface area contributed by atoms with Crippen LogP contribution in [0, 0.1) is 5.92 Å². The van der Waals surface area contributed by atoms with E-state index in [1.165, 1.54) is 63.4 Å². The van der Waals surface area contributed by atoms with Gasteiger partial charge in [-0.15, -0.1) is 0 Å². The van der Waals surface area contributed by atoms with Gasteiger partial charge in [-0.3, -0.25) is 4.90 Å². The van der Waals surface area contributed by atoms with Crippen molar-refractivity contribution in [1.29, 1.82) is 0 Å². The quantitative estimate of drug-likeness (QED) is 0.814. The average molecular weight is 242 g/mol. The minimum Gasteiger partial charge on any atom is -0.316 e. The number of rotatable bonds is 4. The molecule has 0 saturated carbocycles. The van der Waals surface area contributed by atoms with Crippen LogP contribution in [0.15, 0.2) is 0 Å². The van der Waals surface area contributed by atoms with Crippen molar-refractivity contribution in [3.63, 3.8) is 0 Å². The Labute approximate surface area is 105 Å². The van der Waals surface area contributed by atoms with Crippen LogP contribution in [0.4, 0.5) is 0 Å². The van der Waals surface area contributed by atoms with Gasteiger partial charge in [0.1, 0.15) is 0 Å². The standard InChI is InChI=1S/C13H26N2S/c1-2-15(13-6-4-8-16-11-13)10-12-5-3-7-14-9-12/h12-14H,2-11H2,1H3. The molecule has 0 aliphatic carbocycles. The highest BCUT2D eigenvalue weighted by molar-refractivity contribution is 7.99. The molecule has 94 valence electrons. The van der Waals surface area contributed by atoms with Gasteiger partial charge in [-0.2, -0.15) is 11.8 Å². The molecular weight excluding hydrogens is 216 g/mol. The number of hydrogen-bond donors (Lipinski definition) is 1. The van der Waals surface area contributed by atoms with E-state index in [0.29, 0.717) is 0 Å². The van der Waals surface area contributed by atoms with Crippen LogP contribution in [-0.4, -0.2) is 48.6 Å². The van der Waals surface area contributed by atoms with Gasteiger partial charge in [-0.25, -0.2) is 0 Å². The van der Waals surface area contributed by atoms with Crippen LogP contribution in [0.1, 0.15) is 32.6 Å². The number of nitrogens with one attached hydrogen (secondary N) is 1. The fraction of sp³-hybridized carbons (Fsp3) is 1.00. The molecule has 2 unspecified atom stereocenters. The lowest BCUT2D eigenvalue weighted by Crippen LogP contribution is -2.44. The molecule has 0 amide bonds. The molecule has 1 N–H and O–H groups in total. The van der Waals surface area contributed by atoms with Crippen LogP contribution < -0.4 is 5.32 Å². The Balaban J connectivity index is 1.78. The maximum atomic E-state index is 3.54. The van der Waals surface area contributed by atoms with Gasteiger partial charge in [0.15, 0.2) is 0 Å². The van der Waals surface area contributed by atoms with Crippen LogP contribution in [-0.2, 0) is 0 Å². The summed E-state index contributed by atoms with van der Waals surface area (Å²) < 4.78 is 0. The van der Waals surface area contributed by atoms with Crippen molar-refractivity contribution in [2.45, 2.75) is 38.6 Å². The molecule has 0 aromatic rings. The average Bonchev–Trinajstić information content (AvgIpc) is 2.38. The van der Waals surface area contributed by atoms with Crippen LogP contribution in [0.3, 0.4) is 0 Å². The zero-order chi connectivity index (χ0) is 11.2. The first kappa shape index (κ1) is 12.7. The Bertz CT molecular complexity index is 186. The summed E-state index contributed by atoms with van der Waals surface area (Å²) in [6, 6.07) is 0.866. The van der Waals surface area contributed by atoms with Gasteiger partial charge in [-0.05, 0) is 57.0 Å². The third-order valence-electron chi connectivity index (χ3n) is 3.95. The molecule has 2 fully saturated rings. The molecule has 0 bridgehead atoms. The number of hydrogen-bond acceptors (Lipinski definition) is 3. The fourth-order valence-electron chi connectivity index (χ4n) is 2.96. The minimum atomic E-state index is 0.866. The molecule has 2 heterocycles. The molecular formula is C13H26N2S. The molecule has 2 aliphatic rings. The van der Waals surface area contributed by atoms with Crippen molar-refractivity contribution in [3.8, 4) is 0 Å². The highest BCUT2D eigenvalue weighted by Gasteiger charge is 2.23. The van der Waals surface area contributed by atoms with Crippen LogP contribution >= 0.6 is 11.8 Å². The van der Waals surface area contributed by atoms with Crippen molar-refractivity contribution < 1.29 is 0 Å². The predicted molar refractivity (Wildman–Crippen MR) is 73.2 cm³/mol. The monoisotopic (exact) mass is 242 g/mol. The van der Waals surface area contributed by atoms with Gasteiger partial charge in [0.05, 0.1) is 0 Å². The third-order valence-corrected chi connectivity index (χ3v) is 5.15. The molecule has 0 aromatic carbocycles. The van der Waals surface area contributed by atoms with E-state index in [2.05, 4.69) is 28.9 Å². The van der Waals surface area contributed by atoms with E-state index in [1.807, 2.05) is 0 Å². The van der Waals surface area contributed by atoms with Crippen LogP contribution in [0.2, 0.25) is 0 Å². The maximum Gasteiger partial charge on any atom is 0.0186 e. The zero-order valence-corrected chi connectivity index (χ0v) is 11.4. The van der Waals surface area contributed by atoms with E-state index in [-0.39, 0.29) is 0 Å². The second-order valence-electron chi connectivity index (χ2n) is 5.17. The van der Waals surface area contributed by atoms with E-state index in [9.17, 15) is 0 Å². The number of thioether (sulfide) groups is 1. The number of piperidine rings is 1. The Morgan fingerprint density at radius 1 is 1.31 bits per heavy atom. The lowest BCUT2D eigenvalue weighted by atomic mass is 9.98. The lowest BCUT2D eigenvalue weighted by molar-refractivity contribution is 0.164. The van der Waals surface area contributed by atoms with Gasteiger partial charge in [0, 0.05) is 18.3 Å².